The van der Waals surface area contributed by atoms with Crippen LogP contribution in [0.3, 0.4) is 0 Å². The number of primary amides is 1. The monoisotopic (exact) mass is 550 g/mol. The van der Waals surface area contributed by atoms with Gasteiger partial charge in [-0.15, -0.1) is 0 Å². The zero-order chi connectivity index (χ0) is 29.1. The number of anilines is 1. The summed E-state index contributed by atoms with van der Waals surface area (Å²) < 4.78 is 4.38. The smallest absolute Gasteiger partial charge is 0.396 e. The maximum atomic E-state index is 13.6. The third-order valence-electron chi connectivity index (χ3n) is 8.09. The molecule has 2 amide bonds. The first-order valence-electron chi connectivity index (χ1n) is 12.5. The molecule has 0 saturated heterocycles. The van der Waals surface area contributed by atoms with Gasteiger partial charge in [-0.2, -0.15) is 0 Å². The number of methoxy groups -OCH3 is 1. The predicted octanol–water partition coefficient (Wildman–Crippen LogP) is 0.367. The van der Waals surface area contributed by atoms with Gasteiger partial charge < -0.3 is 36.2 Å². The summed E-state index contributed by atoms with van der Waals surface area (Å²) in [7, 11) is 1.08. The molecule has 2 aromatic rings. The van der Waals surface area contributed by atoms with Crippen molar-refractivity contribution in [3.8, 4) is 16.9 Å². The third-order valence-corrected chi connectivity index (χ3v) is 8.09. The van der Waals surface area contributed by atoms with Crippen LogP contribution in [-0.4, -0.2) is 68.6 Å². The summed E-state index contributed by atoms with van der Waals surface area (Å²) in [6.45, 7) is 0. The number of carbonyl (C=O) groups is 5. The Morgan fingerprint density at radius 2 is 1.73 bits per heavy atom. The molecule has 5 atom stereocenters. The van der Waals surface area contributed by atoms with Crippen molar-refractivity contribution < 1.29 is 49.1 Å². The fourth-order valence-electron chi connectivity index (χ4n) is 6.20. The molecule has 2 unspecified atom stereocenters. The van der Waals surface area contributed by atoms with Crippen LogP contribution < -0.4 is 11.1 Å². The van der Waals surface area contributed by atoms with Crippen LogP contribution in [0, 0.1) is 17.8 Å². The number of carbonyl (C=O) groups excluding carboxylic acids is 5. The SMILES string of the molecule is COC(=O)C(=O)Nc1ccc(-c2ccc(O)c3c2C[C@H]2C[C@H]4CC(O)C(C(N)=O)C(=O)[C@@]4(O)C(=O)C2=C3O)cc1. The first-order valence-corrected chi connectivity index (χ1v) is 12.5. The molecule has 5 rings (SSSR count). The molecular weight excluding hydrogens is 524 g/mol. The molecule has 2 saturated carbocycles. The standard InChI is InChI=1S/C28H26N2O10/c1-40-27(38)26(37)30-14-4-2-11(3-5-14)15-6-7-17(31)20-16(15)9-12-8-13-10-18(32)21(25(29)36)24(35)28(13,39)23(34)19(12)22(20)33/h2-7,12-13,18,21,31-33,39H,8-10H2,1H3,(H2,29,36)(H,30,37)/t12-,13+,18?,21?,28+/m1/s1. The molecular formula is C28H26N2O10. The number of ketones is 2. The number of ether oxygens (including phenoxy) is 1. The third kappa shape index (κ3) is 3.95. The maximum Gasteiger partial charge on any atom is 0.396 e. The zero-order valence-electron chi connectivity index (χ0n) is 21.2. The topological polar surface area (TPSA) is 214 Å². The highest BCUT2D eigenvalue weighted by Crippen LogP contribution is 2.52. The van der Waals surface area contributed by atoms with E-state index in [1.807, 2.05) is 0 Å². The molecule has 0 aromatic heterocycles. The van der Waals surface area contributed by atoms with Crippen LogP contribution in [0.5, 0.6) is 5.75 Å². The van der Waals surface area contributed by atoms with E-state index in [4.69, 9.17) is 5.73 Å². The number of amides is 2. The summed E-state index contributed by atoms with van der Waals surface area (Å²) in [4.78, 5) is 61.7. The fourth-order valence-corrected chi connectivity index (χ4v) is 6.20. The van der Waals surface area contributed by atoms with Gasteiger partial charge in [0.2, 0.25) is 11.7 Å². The zero-order valence-corrected chi connectivity index (χ0v) is 21.2. The molecule has 12 heteroatoms. The van der Waals surface area contributed by atoms with Gasteiger partial charge in [0, 0.05) is 17.2 Å². The second-order valence-corrected chi connectivity index (χ2v) is 10.2. The van der Waals surface area contributed by atoms with Crippen molar-refractivity contribution in [3.05, 3.63) is 53.1 Å². The number of fused-ring (bicyclic) bond motifs is 3. The second kappa shape index (κ2) is 9.57. The van der Waals surface area contributed by atoms with Gasteiger partial charge in [-0.3, -0.25) is 19.2 Å². The normalized spacial score (nSPS) is 27.3. The molecule has 3 aliphatic rings. The average Bonchev–Trinajstić information content (AvgIpc) is 2.90. The Morgan fingerprint density at radius 1 is 1.05 bits per heavy atom. The molecule has 0 spiro atoms. The van der Waals surface area contributed by atoms with E-state index in [0.717, 1.165) is 7.11 Å². The molecule has 7 N–H and O–H groups in total. The molecule has 2 aromatic carbocycles. The predicted molar refractivity (Wildman–Crippen MR) is 137 cm³/mol. The van der Waals surface area contributed by atoms with Gasteiger partial charge in [0.25, 0.3) is 0 Å². The van der Waals surface area contributed by atoms with Gasteiger partial charge in [0.1, 0.15) is 17.4 Å². The van der Waals surface area contributed by atoms with Crippen LogP contribution in [-0.2, 0) is 35.1 Å². The molecule has 40 heavy (non-hydrogen) atoms. The van der Waals surface area contributed by atoms with Crippen molar-refractivity contribution in [1.82, 2.24) is 0 Å². The van der Waals surface area contributed by atoms with E-state index >= 15 is 0 Å². The second-order valence-electron chi connectivity index (χ2n) is 10.2. The Balaban J connectivity index is 1.55. The largest absolute Gasteiger partial charge is 0.507 e. The lowest BCUT2D eigenvalue weighted by Crippen LogP contribution is -2.66. The molecule has 0 heterocycles. The molecule has 3 aliphatic carbocycles. The number of aromatic hydroxyl groups is 1. The van der Waals surface area contributed by atoms with Crippen molar-refractivity contribution in [2.24, 2.45) is 23.5 Å². The summed E-state index contributed by atoms with van der Waals surface area (Å²) in [6, 6.07) is 9.36. The quantitative estimate of drug-likeness (QED) is 0.175. The number of aliphatic hydroxyl groups is 3. The Hall–Kier alpha value is -4.55. The number of aliphatic hydroxyl groups excluding tert-OH is 2. The number of nitrogens with one attached hydrogen (secondary N) is 1. The van der Waals surface area contributed by atoms with Crippen LogP contribution >= 0.6 is 0 Å². The maximum absolute atomic E-state index is 13.6. The molecule has 2 fully saturated rings. The summed E-state index contributed by atoms with van der Waals surface area (Å²) >= 11 is 0. The van der Waals surface area contributed by atoms with E-state index in [0.29, 0.717) is 22.4 Å². The van der Waals surface area contributed by atoms with E-state index in [1.54, 1.807) is 30.3 Å². The number of phenols is 1. The van der Waals surface area contributed by atoms with E-state index < -0.39 is 64.6 Å². The Morgan fingerprint density at radius 3 is 2.35 bits per heavy atom. The molecule has 0 aliphatic heterocycles. The van der Waals surface area contributed by atoms with Gasteiger partial charge in [0.05, 0.1) is 18.8 Å². The minimum Gasteiger partial charge on any atom is -0.507 e. The van der Waals surface area contributed by atoms with E-state index in [2.05, 4.69) is 10.1 Å². The highest BCUT2D eigenvalue weighted by atomic mass is 16.5. The van der Waals surface area contributed by atoms with E-state index in [-0.39, 0.29) is 36.1 Å². The summed E-state index contributed by atoms with van der Waals surface area (Å²) in [5.41, 5.74) is 4.43. The van der Waals surface area contributed by atoms with Crippen LogP contribution in [0.4, 0.5) is 5.69 Å². The number of rotatable bonds is 3. The van der Waals surface area contributed by atoms with Gasteiger partial charge >= 0.3 is 11.9 Å². The molecule has 12 nitrogen and oxygen atoms in total. The summed E-state index contributed by atoms with van der Waals surface area (Å²) in [5, 5.41) is 46.1. The molecule has 0 radical (unpaired) electrons. The first kappa shape index (κ1) is 27.0. The molecule has 208 valence electrons. The lowest BCUT2D eigenvalue weighted by atomic mass is 9.56. The Bertz CT molecular complexity index is 1510. The minimum absolute atomic E-state index is 0.0306. The van der Waals surface area contributed by atoms with Crippen LogP contribution in [0.15, 0.2) is 42.0 Å². The van der Waals surface area contributed by atoms with Gasteiger partial charge in [-0.1, -0.05) is 18.2 Å². The van der Waals surface area contributed by atoms with Gasteiger partial charge in [0.15, 0.2) is 11.4 Å². The molecule has 0 bridgehead atoms. The number of hydrogen-bond acceptors (Lipinski definition) is 10. The number of benzene rings is 2. The van der Waals surface area contributed by atoms with E-state index in [1.165, 1.54) is 6.07 Å². The van der Waals surface area contributed by atoms with Crippen molar-refractivity contribution in [2.45, 2.75) is 31.0 Å². The van der Waals surface area contributed by atoms with Crippen molar-refractivity contribution >= 4 is 40.8 Å². The highest BCUT2D eigenvalue weighted by Gasteiger charge is 2.63. The van der Waals surface area contributed by atoms with Crippen LogP contribution in [0.2, 0.25) is 0 Å². The number of Topliss-reactive ketones (excluding diaryl/α,β-unsaturated/α-hetero) is 2. The van der Waals surface area contributed by atoms with Crippen LogP contribution in [0.1, 0.15) is 24.0 Å². The number of esters is 1. The Labute approximate surface area is 227 Å². The first-order chi connectivity index (χ1) is 18.9. The van der Waals surface area contributed by atoms with Crippen molar-refractivity contribution in [1.29, 1.82) is 0 Å². The van der Waals surface area contributed by atoms with Crippen molar-refractivity contribution in [2.75, 3.05) is 12.4 Å². The number of nitrogens with two attached hydrogens (primary N) is 1. The number of hydrogen-bond donors (Lipinski definition) is 6. The average molecular weight is 551 g/mol. The Kier molecular flexibility index (Phi) is 6.47. The summed E-state index contributed by atoms with van der Waals surface area (Å²) in [5.74, 6) is -9.78. The van der Waals surface area contributed by atoms with Crippen molar-refractivity contribution in [3.63, 3.8) is 0 Å². The van der Waals surface area contributed by atoms with Crippen LogP contribution in [0.25, 0.3) is 16.9 Å². The van der Waals surface area contributed by atoms with Gasteiger partial charge in [-0.05, 0) is 60.1 Å². The lowest BCUT2D eigenvalue weighted by molar-refractivity contribution is -0.174. The highest BCUT2D eigenvalue weighted by molar-refractivity contribution is 6.37. The summed E-state index contributed by atoms with van der Waals surface area (Å²) in [6.07, 6.45) is -1.48. The number of phenolic OH excluding ortho intramolecular Hbond substituents is 1. The fraction of sp³-hybridized carbons (Fsp3) is 0.321. The minimum atomic E-state index is -2.64. The lowest BCUT2D eigenvalue weighted by Gasteiger charge is -2.48. The van der Waals surface area contributed by atoms with Gasteiger partial charge in [-0.25, -0.2) is 4.79 Å². The van der Waals surface area contributed by atoms with E-state index in [9.17, 15) is 44.4 Å².